The maximum atomic E-state index is 12.6. The van der Waals surface area contributed by atoms with Crippen molar-refractivity contribution in [2.45, 2.75) is 65.4 Å². The lowest BCUT2D eigenvalue weighted by molar-refractivity contribution is -0.138. The van der Waals surface area contributed by atoms with Gasteiger partial charge in [0.25, 0.3) is 0 Å². The van der Waals surface area contributed by atoms with Crippen LogP contribution in [0.1, 0.15) is 85.3 Å². The molecule has 0 saturated heterocycles. The molecule has 0 atom stereocenters. The predicted octanol–water partition coefficient (Wildman–Crippen LogP) is 8.64. The van der Waals surface area contributed by atoms with Crippen LogP contribution in [-0.4, -0.2) is 27.7 Å². The van der Waals surface area contributed by atoms with Gasteiger partial charge >= 0.3 is 18.3 Å². The van der Waals surface area contributed by atoms with Crippen molar-refractivity contribution in [2.75, 3.05) is 6.61 Å². The highest BCUT2D eigenvalue weighted by Crippen LogP contribution is 2.33. The molecule has 0 saturated carbocycles. The van der Waals surface area contributed by atoms with Crippen LogP contribution < -0.4 is 0 Å². The van der Waals surface area contributed by atoms with Crippen LogP contribution in [0.15, 0.2) is 57.4 Å². The summed E-state index contributed by atoms with van der Waals surface area (Å²) in [4.78, 5) is 20.4. The van der Waals surface area contributed by atoms with E-state index in [-0.39, 0.29) is 42.6 Å². The number of aromatic nitrogens is 2. The SMILES string of the molecule is CC(C)c1nc(-c2ccc(C(F)(F)F)cc2)oc1CO.CCOC(=O)c1oc(-c2ccc(C(F)(F)F)cc2)nc1C(C)C. The minimum atomic E-state index is -4.41. The van der Waals surface area contributed by atoms with Gasteiger partial charge in [0.1, 0.15) is 6.61 Å². The molecule has 232 valence electrons. The minimum Gasteiger partial charge on any atom is -0.460 e. The molecule has 0 aliphatic rings. The number of nitrogens with zero attached hydrogens (tertiary/aromatic N) is 2. The molecule has 0 bridgehead atoms. The Morgan fingerprint density at radius 1 is 0.767 bits per heavy atom. The second kappa shape index (κ2) is 13.4. The van der Waals surface area contributed by atoms with Gasteiger partial charge in [-0.25, -0.2) is 14.8 Å². The number of esters is 1. The first kappa shape index (κ1) is 33.4. The molecule has 4 aromatic rings. The van der Waals surface area contributed by atoms with Crippen LogP contribution in [-0.2, 0) is 23.7 Å². The highest BCUT2D eigenvalue weighted by atomic mass is 19.4. The summed E-state index contributed by atoms with van der Waals surface area (Å²) in [6, 6.07) is 8.97. The molecule has 0 aliphatic carbocycles. The molecule has 0 fully saturated rings. The normalized spacial score (nSPS) is 12.0. The summed E-state index contributed by atoms with van der Waals surface area (Å²) in [7, 11) is 0. The van der Waals surface area contributed by atoms with Crippen LogP contribution in [0.3, 0.4) is 0 Å². The quantitative estimate of drug-likeness (QED) is 0.165. The van der Waals surface area contributed by atoms with Gasteiger partial charge in [0.15, 0.2) is 5.76 Å². The molecule has 43 heavy (non-hydrogen) atoms. The fraction of sp³-hybridized carbons (Fsp3) is 0.367. The molecule has 0 spiro atoms. The van der Waals surface area contributed by atoms with E-state index < -0.39 is 29.4 Å². The van der Waals surface area contributed by atoms with Crippen molar-refractivity contribution < 1.29 is 49.8 Å². The highest BCUT2D eigenvalue weighted by molar-refractivity contribution is 5.88. The monoisotopic (exact) mass is 612 g/mol. The molecule has 0 unspecified atom stereocenters. The van der Waals surface area contributed by atoms with Crippen molar-refractivity contribution in [1.82, 2.24) is 9.97 Å². The van der Waals surface area contributed by atoms with Crippen molar-refractivity contribution in [3.8, 4) is 22.9 Å². The van der Waals surface area contributed by atoms with E-state index in [2.05, 4.69) is 9.97 Å². The Labute approximate surface area is 243 Å². The van der Waals surface area contributed by atoms with Crippen LogP contribution in [0.5, 0.6) is 0 Å². The molecule has 0 amide bonds. The van der Waals surface area contributed by atoms with E-state index in [1.807, 2.05) is 27.7 Å². The summed E-state index contributed by atoms with van der Waals surface area (Å²) in [5.74, 6) is -0.0455. The highest BCUT2D eigenvalue weighted by Gasteiger charge is 2.31. The number of halogens is 6. The molecule has 0 aliphatic heterocycles. The molecule has 13 heteroatoms. The molecule has 2 aromatic heterocycles. The number of aliphatic hydroxyl groups is 1. The number of alkyl halides is 6. The van der Waals surface area contributed by atoms with E-state index in [1.165, 1.54) is 24.3 Å². The van der Waals surface area contributed by atoms with E-state index in [1.54, 1.807) is 6.92 Å². The lowest BCUT2D eigenvalue weighted by Gasteiger charge is -2.06. The van der Waals surface area contributed by atoms with Crippen molar-refractivity contribution in [2.24, 2.45) is 0 Å². The second-order valence-electron chi connectivity index (χ2n) is 9.90. The fourth-order valence-corrected chi connectivity index (χ4v) is 3.84. The number of hydrogen-bond acceptors (Lipinski definition) is 7. The van der Waals surface area contributed by atoms with Crippen molar-refractivity contribution >= 4 is 5.97 Å². The average molecular weight is 613 g/mol. The van der Waals surface area contributed by atoms with Gasteiger partial charge in [0.05, 0.1) is 29.1 Å². The third kappa shape index (κ3) is 8.25. The molecule has 0 radical (unpaired) electrons. The first-order valence-corrected chi connectivity index (χ1v) is 13.2. The number of carbonyl (C=O) groups is 1. The Balaban J connectivity index is 0.000000238. The minimum absolute atomic E-state index is 0.0169. The molecular formula is C30H30F6N2O5. The van der Waals surface area contributed by atoms with Crippen LogP contribution in [0.4, 0.5) is 26.3 Å². The first-order valence-electron chi connectivity index (χ1n) is 13.2. The van der Waals surface area contributed by atoms with E-state index in [0.29, 0.717) is 28.3 Å². The zero-order chi connectivity index (χ0) is 32.1. The number of hydrogen-bond donors (Lipinski definition) is 1. The van der Waals surface area contributed by atoms with Crippen molar-refractivity contribution in [3.05, 3.63) is 82.6 Å². The van der Waals surface area contributed by atoms with Crippen LogP contribution in [0.25, 0.3) is 22.9 Å². The summed E-state index contributed by atoms with van der Waals surface area (Å²) in [6.07, 6.45) is -8.78. The molecule has 4 rings (SSSR count). The third-order valence-corrected chi connectivity index (χ3v) is 6.00. The van der Waals surface area contributed by atoms with Crippen LogP contribution in [0.2, 0.25) is 0 Å². The van der Waals surface area contributed by atoms with Gasteiger partial charge in [0, 0.05) is 11.1 Å². The standard InChI is InChI=1S/C16H16F3NO3.C14H14F3NO2/c1-4-22-15(21)13-12(9(2)3)20-14(23-13)10-5-7-11(8-6-10)16(17,18)19;1-8(2)12-11(7-19)20-13(18-12)9-3-5-10(6-4-9)14(15,16)17/h5-9H,4H2,1-3H3;3-6,8,19H,7H2,1-2H3. The van der Waals surface area contributed by atoms with Gasteiger partial charge in [-0.1, -0.05) is 27.7 Å². The Morgan fingerprint density at radius 2 is 1.19 bits per heavy atom. The molecular weight excluding hydrogens is 582 g/mol. The summed E-state index contributed by atoms with van der Waals surface area (Å²) in [5.41, 5.74) is 0.345. The fourth-order valence-electron chi connectivity index (χ4n) is 3.84. The summed E-state index contributed by atoms with van der Waals surface area (Å²) in [5, 5.41) is 9.20. The van der Waals surface area contributed by atoms with E-state index in [9.17, 15) is 36.2 Å². The lowest BCUT2D eigenvalue weighted by atomic mass is 10.1. The molecule has 2 aromatic carbocycles. The number of oxazole rings is 2. The topological polar surface area (TPSA) is 98.6 Å². The van der Waals surface area contributed by atoms with E-state index >= 15 is 0 Å². The van der Waals surface area contributed by atoms with Crippen molar-refractivity contribution in [1.29, 1.82) is 0 Å². The Bertz CT molecular complexity index is 1500. The van der Waals surface area contributed by atoms with Crippen LogP contribution >= 0.6 is 0 Å². The second-order valence-corrected chi connectivity index (χ2v) is 9.90. The third-order valence-electron chi connectivity index (χ3n) is 6.00. The maximum absolute atomic E-state index is 12.6. The Kier molecular flexibility index (Phi) is 10.4. The van der Waals surface area contributed by atoms with Gasteiger partial charge in [-0.3, -0.25) is 0 Å². The number of aliphatic hydroxyl groups excluding tert-OH is 1. The summed E-state index contributed by atoms with van der Waals surface area (Å²) < 4.78 is 90.9. The lowest BCUT2D eigenvalue weighted by Crippen LogP contribution is -2.07. The molecule has 1 N–H and O–H groups in total. The zero-order valence-electron chi connectivity index (χ0n) is 23.9. The number of benzene rings is 2. The number of ether oxygens (including phenoxy) is 1. The largest absolute Gasteiger partial charge is 0.460 e. The Morgan fingerprint density at radius 3 is 1.53 bits per heavy atom. The Hall–Kier alpha value is -4.13. The smallest absolute Gasteiger partial charge is 0.416 e. The van der Waals surface area contributed by atoms with E-state index in [4.69, 9.17) is 13.6 Å². The summed E-state index contributed by atoms with van der Waals surface area (Å²) in [6.45, 7) is 9.02. The van der Waals surface area contributed by atoms with Crippen LogP contribution in [0, 0.1) is 0 Å². The number of carbonyl (C=O) groups excluding carboxylic acids is 1. The van der Waals surface area contributed by atoms with Gasteiger partial charge in [0.2, 0.25) is 17.5 Å². The van der Waals surface area contributed by atoms with Crippen molar-refractivity contribution in [3.63, 3.8) is 0 Å². The van der Waals surface area contributed by atoms with Gasteiger partial charge in [-0.05, 0) is 67.3 Å². The molecule has 2 heterocycles. The maximum Gasteiger partial charge on any atom is 0.416 e. The molecule has 7 nitrogen and oxygen atoms in total. The van der Waals surface area contributed by atoms with E-state index in [0.717, 1.165) is 24.3 Å². The van der Waals surface area contributed by atoms with Gasteiger partial charge in [-0.2, -0.15) is 26.3 Å². The first-order chi connectivity index (χ1) is 20.1. The zero-order valence-corrected chi connectivity index (χ0v) is 23.9. The van der Waals surface area contributed by atoms with Gasteiger partial charge in [-0.15, -0.1) is 0 Å². The summed E-state index contributed by atoms with van der Waals surface area (Å²) >= 11 is 0. The predicted molar refractivity (Wildman–Crippen MR) is 144 cm³/mol. The number of rotatable bonds is 7. The average Bonchev–Trinajstić information content (AvgIpc) is 3.59. The van der Waals surface area contributed by atoms with Gasteiger partial charge < -0.3 is 18.7 Å².